The van der Waals surface area contributed by atoms with Gasteiger partial charge in [0.1, 0.15) is 5.82 Å². The molecule has 0 bridgehead atoms. The van der Waals surface area contributed by atoms with Crippen molar-refractivity contribution in [2.75, 3.05) is 13.7 Å². The second kappa shape index (κ2) is 9.69. The minimum atomic E-state index is -0.866. The van der Waals surface area contributed by atoms with E-state index < -0.39 is 12.0 Å². The largest absolute Gasteiger partial charge is 0.513 e. The quantitative estimate of drug-likeness (QED) is 0.604. The van der Waals surface area contributed by atoms with Crippen LogP contribution in [-0.4, -0.2) is 24.4 Å². The van der Waals surface area contributed by atoms with Crippen LogP contribution in [0.5, 0.6) is 5.75 Å². The number of rotatable bonds is 7. The highest BCUT2D eigenvalue weighted by atomic mass is 19.1. The van der Waals surface area contributed by atoms with Crippen LogP contribution in [0.4, 0.5) is 9.18 Å². The molecule has 0 spiro atoms. The number of nitrogens with zero attached hydrogens (tertiary/aromatic N) is 1. The van der Waals surface area contributed by atoms with E-state index in [4.69, 9.17) is 14.2 Å². The molecule has 1 aromatic carbocycles. The molecule has 0 N–H and O–H groups in total. The van der Waals surface area contributed by atoms with Gasteiger partial charge in [-0.15, -0.1) is 0 Å². The minimum absolute atomic E-state index is 0.00975. The Labute approximate surface area is 170 Å². The molecule has 0 unspecified atom stereocenters. The van der Waals surface area contributed by atoms with E-state index in [0.717, 1.165) is 0 Å². The Morgan fingerprint density at radius 2 is 1.76 bits per heavy atom. The van der Waals surface area contributed by atoms with Gasteiger partial charge >= 0.3 is 6.16 Å². The lowest BCUT2D eigenvalue weighted by molar-refractivity contribution is 0.103. The van der Waals surface area contributed by atoms with Gasteiger partial charge in [0.15, 0.2) is 5.75 Å². The summed E-state index contributed by atoms with van der Waals surface area (Å²) in [5, 5.41) is 0. The summed E-state index contributed by atoms with van der Waals surface area (Å²) in [6.45, 7) is 9.43. The number of methoxy groups -OCH3 is 1. The zero-order valence-electron chi connectivity index (χ0n) is 17.7. The van der Waals surface area contributed by atoms with Gasteiger partial charge < -0.3 is 18.8 Å². The average Bonchev–Trinajstić information content (AvgIpc) is 2.64. The van der Waals surface area contributed by atoms with Crippen LogP contribution in [0, 0.1) is 5.82 Å². The fraction of sp³-hybridized carbons (Fsp3) is 0.455. The van der Waals surface area contributed by atoms with E-state index in [1.54, 1.807) is 23.6 Å². The van der Waals surface area contributed by atoms with Gasteiger partial charge in [-0.25, -0.2) is 9.18 Å². The maximum atomic E-state index is 13.5. The van der Waals surface area contributed by atoms with E-state index in [-0.39, 0.29) is 36.5 Å². The van der Waals surface area contributed by atoms with Crippen molar-refractivity contribution in [1.82, 2.24) is 4.57 Å². The van der Waals surface area contributed by atoms with Crippen LogP contribution in [0.2, 0.25) is 0 Å². The number of carbonyl (C=O) groups excluding carboxylic acids is 1. The molecule has 7 heteroatoms. The predicted molar refractivity (Wildman–Crippen MR) is 109 cm³/mol. The van der Waals surface area contributed by atoms with E-state index >= 15 is 0 Å². The third kappa shape index (κ3) is 4.85. The number of ether oxygens (including phenoxy) is 3. The number of hydrogen-bond acceptors (Lipinski definition) is 5. The lowest BCUT2D eigenvalue weighted by atomic mass is 9.95. The highest BCUT2D eigenvalue weighted by molar-refractivity contribution is 5.78. The lowest BCUT2D eigenvalue weighted by Gasteiger charge is -2.26. The minimum Gasteiger partial charge on any atom is -0.434 e. The molecule has 0 saturated heterocycles. The number of carbonyl (C=O) groups is 1. The molecule has 0 aliphatic heterocycles. The first-order valence-electron chi connectivity index (χ1n) is 9.63. The van der Waals surface area contributed by atoms with E-state index in [1.165, 1.54) is 19.2 Å². The highest BCUT2D eigenvalue weighted by Crippen LogP contribution is 2.39. The second-order valence-corrected chi connectivity index (χ2v) is 7.22. The van der Waals surface area contributed by atoms with Crippen LogP contribution < -0.4 is 10.3 Å². The molecule has 0 radical (unpaired) electrons. The van der Waals surface area contributed by atoms with Gasteiger partial charge in [0, 0.05) is 18.7 Å². The van der Waals surface area contributed by atoms with Crippen molar-refractivity contribution < 1.29 is 23.4 Å². The summed E-state index contributed by atoms with van der Waals surface area (Å²) in [5.74, 6) is -0.315. The normalized spacial score (nSPS) is 11.2. The van der Waals surface area contributed by atoms with E-state index in [2.05, 4.69) is 0 Å². The Kier molecular flexibility index (Phi) is 7.56. The smallest absolute Gasteiger partial charge is 0.434 e. The third-order valence-corrected chi connectivity index (χ3v) is 4.43. The van der Waals surface area contributed by atoms with Crippen molar-refractivity contribution >= 4 is 6.16 Å². The SMILES string of the molecule is CCOC(=O)Oc1c(-c2ccc(F)cc2)c(COC)c(=O)n(C(C)C)c1C(C)C. The maximum Gasteiger partial charge on any atom is 0.513 e. The summed E-state index contributed by atoms with van der Waals surface area (Å²) in [4.78, 5) is 25.6. The van der Waals surface area contributed by atoms with Gasteiger partial charge in [0.2, 0.25) is 0 Å². The van der Waals surface area contributed by atoms with E-state index in [9.17, 15) is 14.0 Å². The molecule has 6 nitrogen and oxygen atoms in total. The molecule has 29 heavy (non-hydrogen) atoms. The Balaban J connectivity index is 2.97. The molecule has 1 heterocycles. The Morgan fingerprint density at radius 1 is 1.14 bits per heavy atom. The number of halogens is 1. The molecule has 0 saturated carbocycles. The zero-order chi connectivity index (χ0) is 21.7. The number of aromatic nitrogens is 1. The maximum absolute atomic E-state index is 13.5. The first-order chi connectivity index (χ1) is 13.7. The van der Waals surface area contributed by atoms with Crippen LogP contribution in [-0.2, 0) is 16.1 Å². The molecule has 158 valence electrons. The van der Waals surface area contributed by atoms with Crippen LogP contribution in [0.1, 0.15) is 57.8 Å². The molecular weight excluding hydrogens is 377 g/mol. The summed E-state index contributed by atoms with van der Waals surface area (Å²) in [6, 6.07) is 5.50. The van der Waals surface area contributed by atoms with Crippen LogP contribution in [0.15, 0.2) is 29.1 Å². The first kappa shape index (κ1) is 22.6. The van der Waals surface area contributed by atoms with Gasteiger partial charge in [0.25, 0.3) is 5.56 Å². The van der Waals surface area contributed by atoms with Crippen molar-refractivity contribution in [3.63, 3.8) is 0 Å². The average molecular weight is 405 g/mol. The van der Waals surface area contributed by atoms with Gasteiger partial charge in [-0.2, -0.15) is 0 Å². The molecule has 2 rings (SSSR count). The molecule has 0 aliphatic carbocycles. The Morgan fingerprint density at radius 3 is 2.24 bits per heavy atom. The van der Waals surface area contributed by atoms with Crippen molar-refractivity contribution in [1.29, 1.82) is 0 Å². The lowest BCUT2D eigenvalue weighted by Crippen LogP contribution is -2.31. The zero-order valence-corrected chi connectivity index (χ0v) is 17.7. The molecule has 0 aliphatic rings. The van der Waals surface area contributed by atoms with Gasteiger partial charge in [-0.3, -0.25) is 4.79 Å². The molecule has 0 atom stereocenters. The van der Waals surface area contributed by atoms with E-state index in [1.807, 2.05) is 27.7 Å². The monoisotopic (exact) mass is 405 g/mol. The fourth-order valence-corrected chi connectivity index (χ4v) is 3.32. The van der Waals surface area contributed by atoms with Crippen LogP contribution >= 0.6 is 0 Å². The van der Waals surface area contributed by atoms with Crippen molar-refractivity contribution in [2.24, 2.45) is 0 Å². The fourth-order valence-electron chi connectivity index (χ4n) is 3.32. The summed E-state index contributed by atoms with van der Waals surface area (Å²) in [7, 11) is 1.48. The highest BCUT2D eigenvalue weighted by Gasteiger charge is 2.28. The second-order valence-electron chi connectivity index (χ2n) is 7.22. The van der Waals surface area contributed by atoms with Crippen LogP contribution in [0.25, 0.3) is 11.1 Å². The van der Waals surface area contributed by atoms with Gasteiger partial charge in [0.05, 0.1) is 24.5 Å². The number of benzene rings is 1. The predicted octanol–water partition coefficient (Wildman–Crippen LogP) is 5.04. The molecule has 1 aromatic heterocycles. The van der Waals surface area contributed by atoms with Crippen LogP contribution in [0.3, 0.4) is 0 Å². The Hall–Kier alpha value is -2.67. The summed E-state index contributed by atoms with van der Waals surface area (Å²) in [6.07, 6.45) is -0.866. The van der Waals surface area contributed by atoms with Crippen molar-refractivity contribution in [3.05, 3.63) is 51.7 Å². The molecule has 0 fully saturated rings. The third-order valence-electron chi connectivity index (χ3n) is 4.43. The topological polar surface area (TPSA) is 66.8 Å². The Bertz CT molecular complexity index is 916. The first-order valence-corrected chi connectivity index (χ1v) is 9.63. The van der Waals surface area contributed by atoms with Crippen molar-refractivity contribution in [3.8, 4) is 16.9 Å². The molecular formula is C22H28FNO5. The van der Waals surface area contributed by atoms with Crippen molar-refractivity contribution in [2.45, 2.75) is 53.2 Å². The summed E-state index contributed by atoms with van der Waals surface area (Å²) in [5.41, 5.74) is 1.62. The molecule has 2 aromatic rings. The number of hydrogen-bond donors (Lipinski definition) is 0. The van der Waals surface area contributed by atoms with Gasteiger partial charge in [-0.1, -0.05) is 26.0 Å². The van der Waals surface area contributed by atoms with Gasteiger partial charge in [-0.05, 0) is 44.4 Å². The molecule has 0 amide bonds. The number of pyridine rings is 1. The standard InChI is InChI=1S/C22H28FNO5/c1-7-28-22(26)29-20-18(15-8-10-16(23)11-9-15)17(12-27-6)21(25)24(14(4)5)19(20)13(2)3/h8-11,13-14H,7,12H2,1-6H3. The summed E-state index contributed by atoms with van der Waals surface area (Å²) >= 11 is 0. The summed E-state index contributed by atoms with van der Waals surface area (Å²) < 4.78 is 31.0. The van der Waals surface area contributed by atoms with E-state index in [0.29, 0.717) is 22.4 Å².